The summed E-state index contributed by atoms with van der Waals surface area (Å²) < 4.78 is 7.34. The number of aryl methyl sites for hydroxylation is 2. The van der Waals surface area contributed by atoms with Crippen molar-refractivity contribution in [1.82, 2.24) is 9.78 Å². The van der Waals surface area contributed by atoms with Crippen molar-refractivity contribution in [2.75, 3.05) is 13.2 Å². The molecule has 1 aromatic heterocycles. The van der Waals surface area contributed by atoms with Crippen LogP contribution in [0.2, 0.25) is 5.02 Å². The van der Waals surface area contributed by atoms with Crippen LogP contribution >= 0.6 is 11.6 Å². The summed E-state index contributed by atoms with van der Waals surface area (Å²) in [7, 11) is 0. The summed E-state index contributed by atoms with van der Waals surface area (Å²) in [6.07, 6.45) is 2.93. The largest absolute Gasteiger partial charge is 0.381 e. The molecule has 102 valence electrons. The molecule has 0 saturated carbocycles. The Kier molecular flexibility index (Phi) is 4.65. The molecule has 1 saturated heterocycles. The minimum Gasteiger partial charge on any atom is -0.381 e. The van der Waals surface area contributed by atoms with Gasteiger partial charge in [-0.1, -0.05) is 11.6 Å². The van der Waals surface area contributed by atoms with Gasteiger partial charge in [0.1, 0.15) is 0 Å². The Morgan fingerprint density at radius 1 is 1.61 bits per heavy atom. The lowest BCUT2D eigenvalue weighted by Crippen LogP contribution is -2.27. The van der Waals surface area contributed by atoms with Gasteiger partial charge in [-0.15, -0.1) is 0 Å². The molecule has 2 atom stereocenters. The summed E-state index contributed by atoms with van der Waals surface area (Å²) in [4.78, 5) is 0. The number of aromatic nitrogens is 2. The van der Waals surface area contributed by atoms with Crippen molar-refractivity contribution in [1.29, 1.82) is 0 Å². The monoisotopic (exact) mass is 271 g/mol. The number of nitrogens with two attached hydrogens (primary N) is 1. The fraction of sp³-hybridized carbons (Fsp3) is 0.769. The van der Waals surface area contributed by atoms with Crippen molar-refractivity contribution < 1.29 is 4.74 Å². The fourth-order valence-electron chi connectivity index (χ4n) is 2.59. The molecule has 1 aliphatic rings. The molecule has 2 rings (SSSR count). The molecule has 0 amide bonds. The van der Waals surface area contributed by atoms with Crippen LogP contribution in [0.4, 0.5) is 0 Å². The van der Waals surface area contributed by atoms with E-state index in [-0.39, 0.29) is 6.04 Å². The smallest absolute Gasteiger partial charge is 0.0847 e. The number of hydrogen-bond acceptors (Lipinski definition) is 3. The third-order valence-corrected chi connectivity index (χ3v) is 4.06. The lowest BCUT2D eigenvalue weighted by Gasteiger charge is -2.16. The predicted octanol–water partition coefficient (Wildman–Crippen LogP) is 2.16. The quantitative estimate of drug-likeness (QED) is 0.893. The molecule has 2 unspecified atom stereocenters. The Hall–Kier alpha value is -0.580. The average Bonchev–Trinajstić information content (AvgIpc) is 2.92. The summed E-state index contributed by atoms with van der Waals surface area (Å²) >= 11 is 6.29. The summed E-state index contributed by atoms with van der Waals surface area (Å²) in [5.41, 5.74) is 8.20. The van der Waals surface area contributed by atoms with Crippen molar-refractivity contribution in [3.63, 3.8) is 0 Å². The first-order valence-electron chi connectivity index (χ1n) is 6.67. The lowest BCUT2D eigenvalue weighted by molar-refractivity contribution is 0.182. The number of ether oxygens (including phenoxy) is 1. The molecule has 2 heterocycles. The first-order chi connectivity index (χ1) is 8.61. The van der Waals surface area contributed by atoms with Crippen molar-refractivity contribution in [2.24, 2.45) is 11.7 Å². The maximum absolute atomic E-state index is 6.29. The Bertz CT molecular complexity index is 399. The third kappa shape index (κ3) is 3.05. The summed E-state index contributed by atoms with van der Waals surface area (Å²) in [6, 6.07) is 0.135. The van der Waals surface area contributed by atoms with Crippen LogP contribution in [0.1, 0.15) is 31.2 Å². The second-order valence-electron chi connectivity index (χ2n) is 5.09. The molecule has 0 aromatic carbocycles. The van der Waals surface area contributed by atoms with Gasteiger partial charge < -0.3 is 10.5 Å². The molecule has 0 spiro atoms. The normalized spacial score (nSPS) is 21.4. The summed E-state index contributed by atoms with van der Waals surface area (Å²) in [5, 5.41) is 5.19. The van der Waals surface area contributed by atoms with E-state index in [0.29, 0.717) is 5.92 Å². The maximum atomic E-state index is 6.29. The van der Waals surface area contributed by atoms with Crippen LogP contribution in [0.25, 0.3) is 0 Å². The molecule has 1 aromatic rings. The van der Waals surface area contributed by atoms with E-state index in [9.17, 15) is 0 Å². The van der Waals surface area contributed by atoms with Gasteiger partial charge in [0, 0.05) is 32.2 Å². The van der Waals surface area contributed by atoms with Crippen molar-refractivity contribution in [2.45, 2.75) is 45.7 Å². The Morgan fingerprint density at radius 3 is 3.00 bits per heavy atom. The molecule has 4 nitrogen and oxygen atoms in total. The number of nitrogens with zero attached hydrogens (tertiary/aromatic N) is 2. The maximum Gasteiger partial charge on any atom is 0.0847 e. The zero-order chi connectivity index (χ0) is 13.1. The van der Waals surface area contributed by atoms with E-state index in [4.69, 9.17) is 22.1 Å². The fourth-order valence-corrected chi connectivity index (χ4v) is 2.81. The molecule has 5 heteroatoms. The zero-order valence-corrected chi connectivity index (χ0v) is 11.9. The highest BCUT2D eigenvalue weighted by Gasteiger charge is 2.21. The molecular weight excluding hydrogens is 250 g/mol. The zero-order valence-electron chi connectivity index (χ0n) is 11.2. The topological polar surface area (TPSA) is 53.1 Å². The highest BCUT2D eigenvalue weighted by atomic mass is 35.5. The molecule has 1 fully saturated rings. The van der Waals surface area contributed by atoms with Crippen LogP contribution < -0.4 is 5.73 Å². The van der Waals surface area contributed by atoms with E-state index in [1.807, 2.05) is 11.6 Å². The first kappa shape index (κ1) is 13.8. The van der Waals surface area contributed by atoms with Gasteiger partial charge in [-0.25, -0.2) is 0 Å². The molecule has 2 N–H and O–H groups in total. The summed E-state index contributed by atoms with van der Waals surface area (Å²) in [6.45, 7) is 6.58. The standard InChI is InChI=1S/C13H22ClN3O/c1-3-17-12(13(14)9(2)16-17)7-11(15)6-10-4-5-18-8-10/h10-11H,3-8,15H2,1-2H3. The van der Waals surface area contributed by atoms with Gasteiger partial charge in [0.2, 0.25) is 0 Å². The first-order valence-corrected chi connectivity index (χ1v) is 7.04. The average molecular weight is 272 g/mol. The van der Waals surface area contributed by atoms with Gasteiger partial charge in [-0.2, -0.15) is 5.10 Å². The van der Waals surface area contributed by atoms with Gasteiger partial charge in [-0.3, -0.25) is 4.68 Å². The van der Waals surface area contributed by atoms with Crippen molar-refractivity contribution >= 4 is 11.6 Å². The molecule has 0 radical (unpaired) electrons. The van der Waals surface area contributed by atoms with Crippen LogP contribution in [-0.4, -0.2) is 29.0 Å². The van der Waals surface area contributed by atoms with E-state index in [2.05, 4.69) is 12.0 Å². The molecular formula is C13H22ClN3O. The van der Waals surface area contributed by atoms with Gasteiger partial charge in [0.25, 0.3) is 0 Å². The Labute approximate surface area is 113 Å². The van der Waals surface area contributed by atoms with Crippen LogP contribution in [0, 0.1) is 12.8 Å². The second-order valence-corrected chi connectivity index (χ2v) is 5.47. The van der Waals surface area contributed by atoms with Gasteiger partial charge in [-0.05, 0) is 32.6 Å². The van der Waals surface area contributed by atoms with E-state index in [1.165, 1.54) is 0 Å². The van der Waals surface area contributed by atoms with Crippen molar-refractivity contribution in [3.8, 4) is 0 Å². The van der Waals surface area contributed by atoms with Crippen LogP contribution in [-0.2, 0) is 17.7 Å². The van der Waals surface area contributed by atoms with E-state index >= 15 is 0 Å². The van der Waals surface area contributed by atoms with E-state index in [1.54, 1.807) is 0 Å². The number of rotatable bonds is 5. The number of halogens is 1. The predicted molar refractivity (Wildman–Crippen MR) is 72.9 cm³/mol. The van der Waals surface area contributed by atoms with Gasteiger partial charge in [0.15, 0.2) is 0 Å². The van der Waals surface area contributed by atoms with Crippen molar-refractivity contribution in [3.05, 3.63) is 16.4 Å². The Morgan fingerprint density at radius 2 is 2.39 bits per heavy atom. The lowest BCUT2D eigenvalue weighted by atomic mass is 9.97. The minimum atomic E-state index is 0.135. The van der Waals surface area contributed by atoms with Crippen LogP contribution in [0.5, 0.6) is 0 Å². The third-order valence-electron chi connectivity index (χ3n) is 3.57. The van der Waals surface area contributed by atoms with Crippen LogP contribution in [0.3, 0.4) is 0 Å². The minimum absolute atomic E-state index is 0.135. The molecule has 0 aliphatic carbocycles. The van der Waals surface area contributed by atoms with E-state index < -0.39 is 0 Å². The van der Waals surface area contributed by atoms with Crippen LogP contribution in [0.15, 0.2) is 0 Å². The highest BCUT2D eigenvalue weighted by Crippen LogP contribution is 2.24. The van der Waals surface area contributed by atoms with E-state index in [0.717, 1.165) is 55.4 Å². The molecule has 0 bridgehead atoms. The summed E-state index contributed by atoms with van der Waals surface area (Å²) in [5.74, 6) is 0.609. The SMILES string of the molecule is CCn1nc(C)c(Cl)c1CC(N)CC1CCOC1. The Balaban J connectivity index is 1.99. The molecule has 18 heavy (non-hydrogen) atoms. The number of hydrogen-bond donors (Lipinski definition) is 1. The van der Waals surface area contributed by atoms with Gasteiger partial charge >= 0.3 is 0 Å². The highest BCUT2D eigenvalue weighted by molar-refractivity contribution is 6.31. The molecule has 1 aliphatic heterocycles. The second kappa shape index (κ2) is 6.04. The van der Waals surface area contributed by atoms with Gasteiger partial charge in [0.05, 0.1) is 16.4 Å².